The number of rotatable bonds is 3. The Hall–Kier alpha value is -0.640. The van der Waals surface area contributed by atoms with Crippen LogP contribution in [0, 0.1) is 5.82 Å². The molecule has 1 aliphatic heterocycles. The molecule has 2 nitrogen and oxygen atoms in total. The van der Waals surface area contributed by atoms with Gasteiger partial charge in [-0.25, -0.2) is 4.39 Å². The van der Waals surface area contributed by atoms with Gasteiger partial charge in [0.1, 0.15) is 5.82 Å². The Morgan fingerprint density at radius 1 is 1.56 bits per heavy atom. The van der Waals surface area contributed by atoms with Crippen LogP contribution in [-0.2, 0) is 6.54 Å². The number of benzene rings is 1. The molecule has 1 atom stereocenters. The molecule has 4 heteroatoms. The quantitative estimate of drug-likeness (QED) is 0.875. The molecule has 1 unspecified atom stereocenters. The van der Waals surface area contributed by atoms with Crippen LogP contribution < -0.4 is 5.32 Å². The highest BCUT2D eigenvalue weighted by molar-refractivity contribution is 6.30. The highest BCUT2D eigenvalue weighted by Crippen LogP contribution is 2.21. The lowest BCUT2D eigenvalue weighted by Gasteiger charge is -2.16. The lowest BCUT2D eigenvalue weighted by atomic mass is 10.2. The molecule has 16 heavy (non-hydrogen) atoms. The van der Waals surface area contributed by atoms with Gasteiger partial charge in [-0.15, -0.1) is 0 Å². The Kier molecular flexibility index (Phi) is 3.79. The second kappa shape index (κ2) is 5.13. The molecular formula is C12H16ClFN2. The van der Waals surface area contributed by atoms with Gasteiger partial charge < -0.3 is 5.32 Å². The van der Waals surface area contributed by atoms with E-state index in [4.69, 9.17) is 11.6 Å². The van der Waals surface area contributed by atoms with E-state index in [0.29, 0.717) is 18.2 Å². The monoisotopic (exact) mass is 242 g/mol. The number of nitrogens with one attached hydrogen (secondary N) is 1. The minimum absolute atomic E-state index is 0.210. The topological polar surface area (TPSA) is 15.3 Å². The number of hydrogen-bond acceptors (Lipinski definition) is 2. The first-order valence-corrected chi connectivity index (χ1v) is 5.91. The molecule has 0 aromatic heterocycles. The van der Waals surface area contributed by atoms with Crippen LogP contribution in [0.4, 0.5) is 4.39 Å². The van der Waals surface area contributed by atoms with Gasteiger partial charge in [0.05, 0.1) is 5.02 Å². The van der Waals surface area contributed by atoms with Crippen molar-refractivity contribution in [3.63, 3.8) is 0 Å². The smallest absolute Gasteiger partial charge is 0.146 e. The van der Waals surface area contributed by atoms with E-state index in [1.807, 2.05) is 7.05 Å². The van der Waals surface area contributed by atoms with Crippen molar-refractivity contribution in [3.05, 3.63) is 34.6 Å². The van der Waals surface area contributed by atoms with Crippen molar-refractivity contribution in [1.29, 1.82) is 0 Å². The molecule has 88 valence electrons. The highest BCUT2D eigenvalue weighted by Gasteiger charge is 2.21. The maximum Gasteiger partial charge on any atom is 0.146 e. The molecule has 0 aliphatic carbocycles. The van der Waals surface area contributed by atoms with Crippen molar-refractivity contribution in [3.8, 4) is 0 Å². The summed E-state index contributed by atoms with van der Waals surface area (Å²) in [5, 5.41) is 3.45. The van der Waals surface area contributed by atoms with Gasteiger partial charge in [-0.3, -0.25) is 4.90 Å². The Morgan fingerprint density at radius 3 is 3.06 bits per heavy atom. The Balaban J connectivity index is 2.02. The van der Waals surface area contributed by atoms with E-state index in [9.17, 15) is 4.39 Å². The molecule has 0 radical (unpaired) electrons. The summed E-state index contributed by atoms with van der Waals surface area (Å²) in [7, 11) is 1.97. The third-order valence-electron chi connectivity index (χ3n) is 3.11. The summed E-state index contributed by atoms with van der Waals surface area (Å²) in [5.74, 6) is -0.280. The molecule has 1 aromatic carbocycles. The van der Waals surface area contributed by atoms with E-state index in [-0.39, 0.29) is 10.8 Å². The van der Waals surface area contributed by atoms with E-state index >= 15 is 0 Å². The summed E-state index contributed by atoms with van der Waals surface area (Å²) < 4.78 is 13.7. The molecule has 1 N–H and O–H groups in total. The molecule has 0 spiro atoms. The average molecular weight is 243 g/mol. The summed E-state index contributed by atoms with van der Waals surface area (Å²) in [6, 6.07) is 5.71. The average Bonchev–Trinajstić information content (AvgIpc) is 2.73. The Labute approximate surface area is 100 Å². The summed E-state index contributed by atoms with van der Waals surface area (Å²) >= 11 is 5.75. The summed E-state index contributed by atoms with van der Waals surface area (Å²) in [6.07, 6.45) is 1.12. The van der Waals surface area contributed by atoms with Crippen LogP contribution in [0.5, 0.6) is 0 Å². The number of nitrogens with zero attached hydrogens (tertiary/aromatic N) is 1. The maximum atomic E-state index is 13.7. The first-order chi connectivity index (χ1) is 7.70. The lowest BCUT2D eigenvalue weighted by molar-refractivity contribution is 0.317. The zero-order valence-electron chi connectivity index (χ0n) is 9.34. The van der Waals surface area contributed by atoms with Gasteiger partial charge in [0.15, 0.2) is 0 Å². The minimum atomic E-state index is -0.280. The zero-order chi connectivity index (χ0) is 11.5. The molecule has 1 aromatic rings. The lowest BCUT2D eigenvalue weighted by Crippen LogP contribution is -2.29. The number of hydrogen-bond donors (Lipinski definition) is 1. The van der Waals surface area contributed by atoms with Gasteiger partial charge in [0.2, 0.25) is 0 Å². The van der Waals surface area contributed by atoms with Crippen LogP contribution in [0.15, 0.2) is 18.2 Å². The van der Waals surface area contributed by atoms with E-state index in [1.54, 1.807) is 18.2 Å². The van der Waals surface area contributed by atoms with E-state index in [2.05, 4.69) is 10.2 Å². The highest BCUT2D eigenvalue weighted by atomic mass is 35.5. The second-order valence-corrected chi connectivity index (χ2v) is 4.63. The van der Waals surface area contributed by atoms with Gasteiger partial charge in [-0.05, 0) is 19.5 Å². The van der Waals surface area contributed by atoms with Crippen molar-refractivity contribution in [2.75, 3.05) is 20.1 Å². The fourth-order valence-electron chi connectivity index (χ4n) is 2.12. The van der Waals surface area contributed by atoms with Gasteiger partial charge in [0, 0.05) is 31.2 Å². The first kappa shape index (κ1) is 11.8. The summed E-state index contributed by atoms with van der Waals surface area (Å²) in [4.78, 5) is 2.25. The molecule has 1 heterocycles. The maximum absolute atomic E-state index is 13.7. The van der Waals surface area contributed by atoms with Crippen LogP contribution >= 0.6 is 11.6 Å². The Bertz CT molecular complexity index is 370. The summed E-state index contributed by atoms with van der Waals surface area (Å²) in [5.41, 5.74) is 0.684. The molecule has 1 saturated heterocycles. The molecule has 0 amide bonds. The minimum Gasteiger partial charge on any atom is -0.316 e. The first-order valence-electron chi connectivity index (χ1n) is 5.53. The normalized spacial score (nSPS) is 21.6. The number of likely N-dealkylation sites (tertiary alicyclic amines) is 1. The second-order valence-electron chi connectivity index (χ2n) is 4.22. The van der Waals surface area contributed by atoms with E-state index in [1.165, 1.54) is 0 Å². The van der Waals surface area contributed by atoms with Crippen LogP contribution in [0.2, 0.25) is 5.02 Å². The standard InChI is InChI=1S/C12H16ClFN2/c1-15-10-5-6-16(8-10)7-9-3-2-4-11(13)12(9)14/h2-4,10,15H,5-8H2,1H3. The molecule has 0 bridgehead atoms. The zero-order valence-corrected chi connectivity index (χ0v) is 10.1. The molecule has 1 fully saturated rings. The van der Waals surface area contributed by atoms with Crippen LogP contribution in [0.1, 0.15) is 12.0 Å². The SMILES string of the molecule is CNC1CCN(Cc2cccc(Cl)c2F)C1. The van der Waals surface area contributed by atoms with E-state index in [0.717, 1.165) is 19.5 Å². The van der Waals surface area contributed by atoms with Crippen LogP contribution in [-0.4, -0.2) is 31.1 Å². The predicted molar refractivity (Wildman–Crippen MR) is 64.2 cm³/mol. The molecule has 1 aliphatic rings. The van der Waals surface area contributed by atoms with Crippen molar-refractivity contribution in [2.24, 2.45) is 0 Å². The number of halogens is 2. The van der Waals surface area contributed by atoms with Crippen molar-refractivity contribution < 1.29 is 4.39 Å². The van der Waals surface area contributed by atoms with Crippen molar-refractivity contribution in [1.82, 2.24) is 10.2 Å². The predicted octanol–water partition coefficient (Wildman–Crippen LogP) is 2.27. The van der Waals surface area contributed by atoms with Crippen molar-refractivity contribution >= 4 is 11.6 Å². The Morgan fingerprint density at radius 2 is 2.38 bits per heavy atom. The van der Waals surface area contributed by atoms with Crippen LogP contribution in [0.25, 0.3) is 0 Å². The molecule has 2 rings (SSSR count). The summed E-state index contributed by atoms with van der Waals surface area (Å²) in [6.45, 7) is 2.63. The number of likely N-dealkylation sites (N-methyl/N-ethyl adjacent to an activating group) is 1. The fraction of sp³-hybridized carbons (Fsp3) is 0.500. The van der Waals surface area contributed by atoms with Gasteiger partial charge in [-0.2, -0.15) is 0 Å². The fourth-order valence-corrected chi connectivity index (χ4v) is 2.32. The van der Waals surface area contributed by atoms with Gasteiger partial charge >= 0.3 is 0 Å². The molecular weight excluding hydrogens is 227 g/mol. The largest absolute Gasteiger partial charge is 0.316 e. The third-order valence-corrected chi connectivity index (χ3v) is 3.40. The van der Waals surface area contributed by atoms with Crippen molar-refractivity contribution in [2.45, 2.75) is 19.0 Å². The third kappa shape index (κ3) is 2.54. The van der Waals surface area contributed by atoms with Gasteiger partial charge in [-0.1, -0.05) is 23.7 Å². The van der Waals surface area contributed by atoms with Gasteiger partial charge in [0.25, 0.3) is 0 Å². The van der Waals surface area contributed by atoms with E-state index < -0.39 is 0 Å². The molecule has 0 saturated carbocycles. The van der Waals surface area contributed by atoms with Crippen LogP contribution in [0.3, 0.4) is 0 Å².